The summed E-state index contributed by atoms with van der Waals surface area (Å²) < 4.78 is 0. The van der Waals surface area contributed by atoms with Gasteiger partial charge in [-0.1, -0.05) is 6.42 Å². The van der Waals surface area contributed by atoms with Gasteiger partial charge in [-0.05, 0) is 32.1 Å². The van der Waals surface area contributed by atoms with Gasteiger partial charge in [0.25, 0.3) is 0 Å². The number of aliphatic hydroxyl groups is 1. The van der Waals surface area contributed by atoms with Crippen LogP contribution in [-0.4, -0.2) is 29.8 Å². The average molecular weight is 211 g/mol. The van der Waals surface area contributed by atoms with Gasteiger partial charge in [-0.25, -0.2) is 0 Å². The Kier molecular flexibility index (Phi) is 3.46. The van der Waals surface area contributed by atoms with Crippen molar-refractivity contribution in [2.24, 2.45) is 16.6 Å². The number of nitrogens with one attached hydrogen (secondary N) is 1. The fourth-order valence-electron chi connectivity index (χ4n) is 2.25. The molecular weight excluding hydrogens is 190 g/mol. The second-order valence-corrected chi connectivity index (χ2v) is 4.76. The molecule has 4 nitrogen and oxygen atoms in total. The highest BCUT2D eigenvalue weighted by molar-refractivity contribution is 5.78. The topological polar surface area (TPSA) is 70.6 Å². The molecule has 0 saturated heterocycles. The molecule has 86 valence electrons. The third-order valence-corrected chi connectivity index (χ3v) is 3.57. The van der Waals surface area contributed by atoms with Crippen LogP contribution in [0.5, 0.6) is 0 Å². The first-order valence-corrected chi connectivity index (χ1v) is 6.00. The van der Waals surface area contributed by atoms with Gasteiger partial charge in [0.1, 0.15) is 0 Å². The van der Waals surface area contributed by atoms with Crippen LogP contribution in [0.1, 0.15) is 38.5 Å². The molecule has 2 aliphatic carbocycles. The van der Waals surface area contributed by atoms with Crippen molar-refractivity contribution >= 4 is 5.96 Å². The van der Waals surface area contributed by atoms with Crippen LogP contribution in [0.4, 0.5) is 0 Å². The highest BCUT2D eigenvalue weighted by atomic mass is 16.3. The Balaban J connectivity index is 1.71. The maximum absolute atomic E-state index is 9.61. The van der Waals surface area contributed by atoms with Crippen molar-refractivity contribution < 1.29 is 5.11 Å². The molecule has 0 unspecified atom stereocenters. The second kappa shape index (κ2) is 4.84. The molecule has 2 atom stereocenters. The van der Waals surface area contributed by atoms with Crippen molar-refractivity contribution in [3.63, 3.8) is 0 Å². The molecule has 0 aromatic rings. The lowest BCUT2D eigenvalue weighted by Gasteiger charge is -2.26. The van der Waals surface area contributed by atoms with E-state index in [1.807, 2.05) is 0 Å². The minimum Gasteiger partial charge on any atom is -0.393 e. The van der Waals surface area contributed by atoms with Crippen molar-refractivity contribution in [3.8, 4) is 0 Å². The number of rotatable bonds is 3. The molecular formula is C11H21N3O. The normalized spacial score (nSPS) is 32.7. The number of nitrogens with zero attached hydrogens (tertiary/aromatic N) is 1. The number of guanidine groups is 1. The van der Waals surface area contributed by atoms with Crippen molar-refractivity contribution in [2.75, 3.05) is 6.54 Å². The first-order chi connectivity index (χ1) is 7.25. The molecule has 2 fully saturated rings. The Hall–Kier alpha value is -0.770. The SMILES string of the molecule is NC(=NC[C@H]1CCC[C@@H]1O)NC1CCC1. The lowest BCUT2D eigenvalue weighted by atomic mass is 9.93. The molecule has 0 radical (unpaired) electrons. The van der Waals surface area contributed by atoms with Crippen molar-refractivity contribution in [3.05, 3.63) is 0 Å². The predicted octanol–water partition coefficient (Wildman–Crippen LogP) is 0.604. The van der Waals surface area contributed by atoms with Gasteiger partial charge in [-0.2, -0.15) is 0 Å². The fourth-order valence-corrected chi connectivity index (χ4v) is 2.25. The molecule has 4 heteroatoms. The van der Waals surface area contributed by atoms with Gasteiger partial charge in [0.05, 0.1) is 6.10 Å². The van der Waals surface area contributed by atoms with Gasteiger partial charge in [-0.15, -0.1) is 0 Å². The summed E-state index contributed by atoms with van der Waals surface area (Å²) in [7, 11) is 0. The highest BCUT2D eigenvalue weighted by Crippen LogP contribution is 2.25. The average Bonchev–Trinajstić information content (AvgIpc) is 2.55. The van der Waals surface area contributed by atoms with Crippen LogP contribution in [0, 0.1) is 5.92 Å². The van der Waals surface area contributed by atoms with Gasteiger partial charge in [0.2, 0.25) is 0 Å². The number of hydrogen-bond acceptors (Lipinski definition) is 2. The molecule has 4 N–H and O–H groups in total. The summed E-state index contributed by atoms with van der Waals surface area (Å²) in [6.07, 6.45) is 6.69. The Labute approximate surface area is 91.0 Å². The summed E-state index contributed by atoms with van der Waals surface area (Å²) in [5, 5.41) is 12.8. The second-order valence-electron chi connectivity index (χ2n) is 4.76. The fraction of sp³-hybridized carbons (Fsp3) is 0.909. The Morgan fingerprint density at radius 1 is 1.27 bits per heavy atom. The summed E-state index contributed by atoms with van der Waals surface area (Å²) in [4.78, 5) is 4.30. The minimum atomic E-state index is -0.162. The van der Waals surface area contributed by atoms with E-state index in [2.05, 4.69) is 10.3 Å². The van der Waals surface area contributed by atoms with Crippen LogP contribution in [0.15, 0.2) is 4.99 Å². The zero-order chi connectivity index (χ0) is 10.7. The Bertz CT molecular complexity index is 238. The van der Waals surface area contributed by atoms with Crippen molar-refractivity contribution in [1.29, 1.82) is 0 Å². The van der Waals surface area contributed by atoms with Crippen LogP contribution in [-0.2, 0) is 0 Å². The van der Waals surface area contributed by atoms with Gasteiger partial charge in [0, 0.05) is 18.5 Å². The molecule has 2 aliphatic rings. The van der Waals surface area contributed by atoms with Crippen LogP contribution in [0.2, 0.25) is 0 Å². The van der Waals surface area contributed by atoms with Gasteiger partial charge >= 0.3 is 0 Å². The molecule has 0 aromatic carbocycles. The summed E-state index contributed by atoms with van der Waals surface area (Å²) >= 11 is 0. The third kappa shape index (κ3) is 2.84. The minimum absolute atomic E-state index is 0.162. The molecule has 0 aromatic heterocycles. The van der Waals surface area contributed by atoms with E-state index in [1.54, 1.807) is 0 Å². The monoisotopic (exact) mass is 211 g/mol. The molecule has 0 aliphatic heterocycles. The van der Waals surface area contributed by atoms with Crippen LogP contribution in [0.3, 0.4) is 0 Å². The van der Waals surface area contributed by atoms with Crippen LogP contribution >= 0.6 is 0 Å². The largest absolute Gasteiger partial charge is 0.393 e. The number of aliphatic hydroxyl groups excluding tert-OH is 1. The van der Waals surface area contributed by atoms with E-state index in [0.29, 0.717) is 24.5 Å². The molecule has 0 amide bonds. The first kappa shape index (κ1) is 10.7. The standard InChI is InChI=1S/C11H21N3O/c12-11(14-9-4-2-5-9)13-7-8-3-1-6-10(8)15/h8-10,15H,1-7H2,(H3,12,13,14)/t8-,10+/m1/s1. The summed E-state index contributed by atoms with van der Waals surface area (Å²) in [5.74, 6) is 0.880. The molecule has 0 spiro atoms. The van der Waals surface area contributed by atoms with Crippen molar-refractivity contribution in [1.82, 2.24) is 5.32 Å². The van der Waals surface area contributed by atoms with Crippen LogP contribution in [0.25, 0.3) is 0 Å². The molecule has 0 bridgehead atoms. The summed E-state index contributed by atoms with van der Waals surface area (Å²) in [6, 6.07) is 0.544. The van der Waals surface area contributed by atoms with Gasteiger partial charge in [0.15, 0.2) is 5.96 Å². The highest BCUT2D eigenvalue weighted by Gasteiger charge is 2.25. The lowest BCUT2D eigenvalue weighted by molar-refractivity contribution is 0.136. The van der Waals surface area contributed by atoms with E-state index < -0.39 is 0 Å². The maximum atomic E-state index is 9.61. The predicted molar refractivity (Wildman–Crippen MR) is 60.6 cm³/mol. The molecule has 2 saturated carbocycles. The zero-order valence-electron chi connectivity index (χ0n) is 9.15. The van der Waals surface area contributed by atoms with Gasteiger partial charge < -0.3 is 16.2 Å². The molecule has 15 heavy (non-hydrogen) atoms. The first-order valence-electron chi connectivity index (χ1n) is 6.00. The molecule has 0 heterocycles. The van der Waals surface area contributed by atoms with E-state index in [9.17, 15) is 5.11 Å². The maximum Gasteiger partial charge on any atom is 0.188 e. The Morgan fingerprint density at radius 3 is 2.53 bits per heavy atom. The smallest absolute Gasteiger partial charge is 0.188 e. The van der Waals surface area contributed by atoms with E-state index >= 15 is 0 Å². The van der Waals surface area contributed by atoms with Crippen molar-refractivity contribution in [2.45, 2.75) is 50.7 Å². The summed E-state index contributed by atoms with van der Waals surface area (Å²) in [5.41, 5.74) is 5.76. The number of hydrogen-bond donors (Lipinski definition) is 3. The number of aliphatic imine (C=N–C) groups is 1. The summed E-state index contributed by atoms with van der Waals surface area (Å²) in [6.45, 7) is 0.673. The Morgan fingerprint density at radius 2 is 2.00 bits per heavy atom. The molecule has 2 rings (SSSR count). The zero-order valence-corrected chi connectivity index (χ0v) is 9.15. The quantitative estimate of drug-likeness (QED) is 0.473. The van der Waals surface area contributed by atoms with E-state index in [0.717, 1.165) is 19.3 Å². The van der Waals surface area contributed by atoms with Crippen LogP contribution < -0.4 is 11.1 Å². The van der Waals surface area contributed by atoms with E-state index in [1.165, 1.54) is 19.3 Å². The lowest BCUT2D eigenvalue weighted by Crippen LogP contribution is -2.44. The third-order valence-electron chi connectivity index (χ3n) is 3.57. The van der Waals surface area contributed by atoms with Gasteiger partial charge in [-0.3, -0.25) is 4.99 Å². The van der Waals surface area contributed by atoms with E-state index in [-0.39, 0.29) is 6.10 Å². The van der Waals surface area contributed by atoms with E-state index in [4.69, 9.17) is 5.73 Å². The number of nitrogens with two attached hydrogens (primary N) is 1.